The molecule has 0 spiro atoms. The first kappa shape index (κ1) is 40.4. The Bertz CT molecular complexity index is 3740. The van der Waals surface area contributed by atoms with Crippen LogP contribution < -0.4 is 0 Å². The maximum atomic E-state index is 5.40. The molecule has 3 heterocycles. The molecule has 0 bridgehead atoms. The minimum atomic E-state index is 0.690. The van der Waals surface area contributed by atoms with Crippen molar-refractivity contribution in [1.82, 2.24) is 19.9 Å². The Labute approximate surface area is 395 Å². The van der Waals surface area contributed by atoms with Gasteiger partial charge in [-0.05, 0) is 74.8 Å². The van der Waals surface area contributed by atoms with Gasteiger partial charge in [0.1, 0.15) is 0 Å². The van der Waals surface area contributed by atoms with Crippen LogP contribution in [0.2, 0.25) is 0 Å². The second-order valence-corrected chi connectivity index (χ2v) is 17.0. The van der Waals surface area contributed by atoms with Crippen molar-refractivity contribution < 1.29 is 0 Å². The Balaban J connectivity index is 0.897. The summed E-state index contributed by atoms with van der Waals surface area (Å²) in [5.74, 6) is 0.690. The van der Waals surface area contributed by atoms with E-state index in [-0.39, 0.29) is 0 Å². The molecule has 12 rings (SSSR count). The van der Waals surface area contributed by atoms with Gasteiger partial charge in [-0.1, -0.05) is 224 Å². The van der Waals surface area contributed by atoms with Gasteiger partial charge in [0.05, 0.1) is 33.8 Å². The monoisotopic (exact) mass is 866 g/mol. The highest BCUT2D eigenvalue weighted by Gasteiger charge is 2.16. The number of hydrogen-bond donors (Lipinski definition) is 0. The van der Waals surface area contributed by atoms with Gasteiger partial charge >= 0.3 is 0 Å². The molecule has 4 heteroatoms. The molecule has 0 aliphatic carbocycles. The summed E-state index contributed by atoms with van der Waals surface area (Å²) in [6, 6.07) is 89.3. The summed E-state index contributed by atoms with van der Waals surface area (Å²) in [4.78, 5) is 21.0. The van der Waals surface area contributed by atoms with Crippen molar-refractivity contribution in [2.75, 3.05) is 0 Å². The zero-order chi connectivity index (χ0) is 45.2. The molecule has 9 aromatic carbocycles. The fraction of sp³-hybridized carbons (Fsp3) is 0. The molecule has 4 nitrogen and oxygen atoms in total. The van der Waals surface area contributed by atoms with Crippen LogP contribution in [-0.4, -0.2) is 19.9 Å². The molecule has 0 amide bonds. The Morgan fingerprint density at radius 2 is 0.603 bits per heavy atom. The van der Waals surface area contributed by atoms with Crippen molar-refractivity contribution >= 4 is 21.8 Å². The summed E-state index contributed by atoms with van der Waals surface area (Å²) >= 11 is 0. The molecular weight excluding hydrogens is 825 g/mol. The van der Waals surface area contributed by atoms with Crippen LogP contribution in [0.4, 0.5) is 0 Å². The van der Waals surface area contributed by atoms with Crippen LogP contribution in [0.25, 0.3) is 123 Å². The number of aromatic nitrogens is 4. The van der Waals surface area contributed by atoms with Gasteiger partial charge in [0, 0.05) is 38.6 Å². The fourth-order valence-electron chi connectivity index (χ4n) is 9.14. The van der Waals surface area contributed by atoms with Gasteiger partial charge in [-0.15, -0.1) is 0 Å². The molecule has 0 aliphatic rings. The third-order valence-electron chi connectivity index (χ3n) is 12.7. The number of pyridine rings is 2. The van der Waals surface area contributed by atoms with Gasteiger partial charge in [0.2, 0.25) is 0 Å². The Morgan fingerprint density at radius 1 is 0.206 bits per heavy atom. The van der Waals surface area contributed by atoms with Crippen LogP contribution in [0.3, 0.4) is 0 Å². The van der Waals surface area contributed by atoms with Gasteiger partial charge < -0.3 is 0 Å². The lowest BCUT2D eigenvalue weighted by Crippen LogP contribution is -1.96. The summed E-state index contributed by atoms with van der Waals surface area (Å²) in [5, 5.41) is 2.11. The fourth-order valence-corrected chi connectivity index (χ4v) is 9.14. The molecule has 0 atom stereocenters. The van der Waals surface area contributed by atoms with Crippen molar-refractivity contribution in [3.05, 3.63) is 255 Å². The molecule has 0 unspecified atom stereocenters. The molecule has 12 aromatic rings. The first-order valence-corrected chi connectivity index (χ1v) is 22.9. The normalized spacial score (nSPS) is 11.2. The van der Waals surface area contributed by atoms with Gasteiger partial charge in [-0.2, -0.15) is 0 Å². The van der Waals surface area contributed by atoms with Crippen LogP contribution in [0.1, 0.15) is 0 Å². The zero-order valence-corrected chi connectivity index (χ0v) is 37.0. The molecule has 0 radical (unpaired) electrons. The van der Waals surface area contributed by atoms with Crippen LogP contribution in [0.15, 0.2) is 255 Å². The molecule has 0 N–H and O–H groups in total. The highest BCUT2D eigenvalue weighted by Crippen LogP contribution is 2.38. The van der Waals surface area contributed by atoms with Gasteiger partial charge in [0.15, 0.2) is 5.82 Å². The quantitative estimate of drug-likeness (QED) is 0.136. The third kappa shape index (κ3) is 8.01. The lowest BCUT2D eigenvalue weighted by atomic mass is 9.95. The molecule has 0 aliphatic heterocycles. The van der Waals surface area contributed by atoms with Crippen LogP contribution >= 0.6 is 0 Å². The predicted octanol–water partition coefficient (Wildman–Crippen LogP) is 16.6. The van der Waals surface area contributed by atoms with Gasteiger partial charge in [-0.3, -0.25) is 0 Å². The van der Waals surface area contributed by atoms with Crippen molar-refractivity contribution in [2.45, 2.75) is 0 Å². The summed E-state index contributed by atoms with van der Waals surface area (Å²) in [7, 11) is 0. The average molecular weight is 867 g/mol. The second kappa shape index (κ2) is 17.7. The van der Waals surface area contributed by atoms with E-state index in [2.05, 4.69) is 231 Å². The molecule has 68 heavy (non-hydrogen) atoms. The van der Waals surface area contributed by atoms with E-state index in [1.54, 1.807) is 0 Å². The summed E-state index contributed by atoms with van der Waals surface area (Å²) < 4.78 is 0. The molecule has 0 fully saturated rings. The van der Waals surface area contributed by atoms with Gasteiger partial charge in [-0.25, -0.2) is 19.9 Å². The average Bonchev–Trinajstić information content (AvgIpc) is 3.43. The van der Waals surface area contributed by atoms with Crippen LogP contribution in [-0.2, 0) is 0 Å². The van der Waals surface area contributed by atoms with E-state index >= 15 is 0 Å². The minimum Gasteiger partial charge on any atom is -0.245 e. The lowest BCUT2D eigenvalue weighted by Gasteiger charge is -2.14. The topological polar surface area (TPSA) is 51.6 Å². The molecule has 0 saturated carbocycles. The SMILES string of the molecule is c1ccc(-c2ccc(-c3cc(-c4cccc(-c5ccc(-c6ccc7ccc8c(-c9ccccc9)cc(-c9cccc(-c%10ccccc%10)c9)nc8c7n6)cc5)c4)nc(-c4ccccc4)n3)cc2)cc1. The highest BCUT2D eigenvalue weighted by molar-refractivity contribution is 6.09. The molecule has 3 aromatic heterocycles. The standard InChI is InChI=1S/C64H42N4/c1-5-15-43(16-6-1)45-27-33-49(34-28-45)60-42-61(68-64(67-60)51-21-11-4-12-22-51)55-26-14-24-53(40-55)46-29-31-48(32-30-46)58-38-36-50-35-37-56-57(47-19-9-3-10-20-47)41-59(66-63(56)62(50)65-58)54-25-13-23-52(39-54)44-17-7-2-8-18-44/h1-42H. The van der Waals surface area contributed by atoms with Crippen LogP contribution in [0.5, 0.6) is 0 Å². The Morgan fingerprint density at radius 3 is 1.19 bits per heavy atom. The Kier molecular flexibility index (Phi) is 10.5. The Hall–Kier alpha value is -9.12. The smallest absolute Gasteiger partial charge is 0.160 e. The first-order chi connectivity index (χ1) is 33.7. The number of hydrogen-bond acceptors (Lipinski definition) is 4. The highest BCUT2D eigenvalue weighted by atomic mass is 14.9. The van der Waals surface area contributed by atoms with E-state index in [9.17, 15) is 0 Å². The maximum absolute atomic E-state index is 5.40. The van der Waals surface area contributed by atoms with Crippen LogP contribution in [0, 0.1) is 0 Å². The van der Waals surface area contributed by atoms with Crippen molar-refractivity contribution in [1.29, 1.82) is 0 Å². The third-order valence-corrected chi connectivity index (χ3v) is 12.7. The van der Waals surface area contributed by atoms with E-state index in [1.165, 1.54) is 16.7 Å². The number of benzene rings is 9. The van der Waals surface area contributed by atoms with E-state index in [0.717, 1.165) is 100 Å². The largest absolute Gasteiger partial charge is 0.245 e. The first-order valence-electron chi connectivity index (χ1n) is 22.9. The lowest BCUT2D eigenvalue weighted by molar-refractivity contribution is 1.18. The van der Waals surface area contributed by atoms with Gasteiger partial charge in [0.25, 0.3) is 0 Å². The summed E-state index contributed by atoms with van der Waals surface area (Å²) in [6.07, 6.45) is 0. The predicted molar refractivity (Wildman–Crippen MR) is 282 cm³/mol. The van der Waals surface area contributed by atoms with Crippen molar-refractivity contribution in [3.63, 3.8) is 0 Å². The van der Waals surface area contributed by atoms with E-state index < -0.39 is 0 Å². The molecule has 0 saturated heterocycles. The second-order valence-electron chi connectivity index (χ2n) is 17.0. The number of nitrogens with zero attached hydrogens (tertiary/aromatic N) is 4. The van der Waals surface area contributed by atoms with E-state index in [4.69, 9.17) is 19.9 Å². The zero-order valence-electron chi connectivity index (χ0n) is 37.0. The van der Waals surface area contributed by atoms with E-state index in [0.29, 0.717) is 5.82 Å². The summed E-state index contributed by atoms with van der Waals surface area (Å²) in [5.41, 5.74) is 19.6. The van der Waals surface area contributed by atoms with Crippen molar-refractivity contribution in [2.24, 2.45) is 0 Å². The maximum Gasteiger partial charge on any atom is 0.160 e. The van der Waals surface area contributed by atoms with Crippen molar-refractivity contribution in [3.8, 4) is 101 Å². The number of rotatable bonds is 9. The molecule has 318 valence electrons. The van der Waals surface area contributed by atoms with E-state index in [1.807, 2.05) is 24.3 Å². The number of fused-ring (bicyclic) bond motifs is 3. The minimum absolute atomic E-state index is 0.690. The summed E-state index contributed by atoms with van der Waals surface area (Å²) in [6.45, 7) is 0. The molecular formula is C64H42N4.